The van der Waals surface area contributed by atoms with Crippen molar-refractivity contribution in [3.05, 3.63) is 0 Å². The molecular weight excluding hydrogens is 407 g/mol. The molecule has 0 aromatic carbocycles. The minimum absolute atomic E-state index is 0. The second-order valence-electron chi connectivity index (χ2n) is 5.94. The van der Waals surface area contributed by atoms with E-state index in [1.54, 1.807) is 0 Å². The lowest BCUT2D eigenvalue weighted by Gasteiger charge is -2.21. The van der Waals surface area contributed by atoms with Gasteiger partial charge in [-0.3, -0.25) is 9.79 Å². The molecule has 0 bridgehead atoms. The van der Waals surface area contributed by atoms with Crippen LogP contribution < -0.4 is 10.6 Å². The van der Waals surface area contributed by atoms with Crippen LogP contribution in [0.1, 0.15) is 34.1 Å². The second-order valence-corrected chi connectivity index (χ2v) is 5.94. The van der Waals surface area contributed by atoms with E-state index in [-0.39, 0.29) is 35.8 Å². The highest BCUT2D eigenvalue weighted by atomic mass is 127. The van der Waals surface area contributed by atoms with Crippen molar-refractivity contribution >= 4 is 35.8 Å². The standard InChI is InChI=1S/C16H32N4O2.HI/c1-5-17-16(19-9-8-18-15(21)13(3)4)20-10-7-14(11-20)12-22-6-2;/h13-14H,5-12H2,1-4H3,(H,17,19)(H,18,21);1H. The van der Waals surface area contributed by atoms with E-state index in [0.717, 1.165) is 45.2 Å². The molecule has 1 aliphatic heterocycles. The van der Waals surface area contributed by atoms with Crippen molar-refractivity contribution in [2.75, 3.05) is 45.9 Å². The van der Waals surface area contributed by atoms with E-state index < -0.39 is 0 Å². The number of carbonyl (C=O) groups excluding carboxylic acids is 1. The number of aliphatic imine (C=N–C) groups is 1. The van der Waals surface area contributed by atoms with E-state index >= 15 is 0 Å². The molecule has 7 heteroatoms. The third kappa shape index (κ3) is 8.74. The van der Waals surface area contributed by atoms with E-state index in [0.29, 0.717) is 19.0 Å². The number of carbonyl (C=O) groups is 1. The van der Waals surface area contributed by atoms with Crippen LogP contribution >= 0.6 is 24.0 Å². The first-order valence-corrected chi connectivity index (χ1v) is 8.47. The summed E-state index contributed by atoms with van der Waals surface area (Å²) in [6, 6.07) is 0. The van der Waals surface area contributed by atoms with Gasteiger partial charge in [-0.25, -0.2) is 0 Å². The van der Waals surface area contributed by atoms with Gasteiger partial charge in [-0.1, -0.05) is 13.8 Å². The van der Waals surface area contributed by atoms with Crippen LogP contribution in [0, 0.1) is 11.8 Å². The summed E-state index contributed by atoms with van der Waals surface area (Å²) in [7, 11) is 0. The van der Waals surface area contributed by atoms with Gasteiger partial charge in [0, 0.05) is 44.6 Å². The van der Waals surface area contributed by atoms with E-state index in [9.17, 15) is 4.79 Å². The quantitative estimate of drug-likeness (QED) is 0.261. The van der Waals surface area contributed by atoms with E-state index in [1.165, 1.54) is 0 Å². The van der Waals surface area contributed by atoms with Crippen LogP contribution in [0.2, 0.25) is 0 Å². The number of hydrogen-bond donors (Lipinski definition) is 2. The molecule has 2 N–H and O–H groups in total. The minimum Gasteiger partial charge on any atom is -0.381 e. The summed E-state index contributed by atoms with van der Waals surface area (Å²) in [6.07, 6.45) is 1.15. The number of nitrogens with one attached hydrogen (secondary N) is 2. The summed E-state index contributed by atoms with van der Waals surface area (Å²) in [4.78, 5) is 18.4. The lowest BCUT2D eigenvalue weighted by molar-refractivity contribution is -0.123. The molecule has 6 nitrogen and oxygen atoms in total. The molecule has 0 radical (unpaired) electrons. The van der Waals surface area contributed by atoms with Gasteiger partial charge in [-0.05, 0) is 20.3 Å². The lowest BCUT2D eigenvalue weighted by Crippen LogP contribution is -2.41. The number of halogens is 1. The van der Waals surface area contributed by atoms with Gasteiger partial charge in [-0.15, -0.1) is 24.0 Å². The Balaban J connectivity index is 0.00000484. The van der Waals surface area contributed by atoms with Crippen molar-refractivity contribution in [3.8, 4) is 0 Å². The first-order valence-electron chi connectivity index (χ1n) is 8.47. The van der Waals surface area contributed by atoms with Gasteiger partial charge in [0.15, 0.2) is 5.96 Å². The third-order valence-corrected chi connectivity index (χ3v) is 3.67. The molecular formula is C16H33IN4O2. The lowest BCUT2D eigenvalue weighted by atomic mass is 10.1. The third-order valence-electron chi connectivity index (χ3n) is 3.67. The fraction of sp³-hybridized carbons (Fsp3) is 0.875. The van der Waals surface area contributed by atoms with Gasteiger partial charge < -0.3 is 20.3 Å². The average Bonchev–Trinajstić information content (AvgIpc) is 2.96. The van der Waals surface area contributed by atoms with Crippen LogP contribution in [0.5, 0.6) is 0 Å². The number of amides is 1. The molecule has 1 atom stereocenters. The number of hydrogen-bond acceptors (Lipinski definition) is 3. The Kier molecular flexibility index (Phi) is 12.5. The Hall–Kier alpha value is -0.570. The summed E-state index contributed by atoms with van der Waals surface area (Å²) in [5.74, 6) is 1.64. The maximum absolute atomic E-state index is 11.5. The van der Waals surface area contributed by atoms with E-state index in [4.69, 9.17) is 4.74 Å². The predicted molar refractivity (Wildman–Crippen MR) is 105 cm³/mol. The zero-order valence-electron chi connectivity index (χ0n) is 14.9. The van der Waals surface area contributed by atoms with Crippen molar-refractivity contribution in [3.63, 3.8) is 0 Å². The highest BCUT2D eigenvalue weighted by Gasteiger charge is 2.24. The van der Waals surface area contributed by atoms with Gasteiger partial charge in [0.2, 0.25) is 5.91 Å². The molecule has 0 aromatic rings. The van der Waals surface area contributed by atoms with Crippen LogP contribution in [-0.4, -0.2) is 62.7 Å². The molecule has 1 rings (SSSR count). The first-order chi connectivity index (χ1) is 10.6. The van der Waals surface area contributed by atoms with Gasteiger partial charge in [-0.2, -0.15) is 0 Å². The number of ether oxygens (including phenoxy) is 1. The summed E-state index contributed by atoms with van der Waals surface area (Å²) in [6.45, 7) is 13.5. The van der Waals surface area contributed by atoms with Crippen LogP contribution in [0.3, 0.4) is 0 Å². The highest BCUT2D eigenvalue weighted by molar-refractivity contribution is 14.0. The Morgan fingerprint density at radius 1 is 1.35 bits per heavy atom. The first kappa shape index (κ1) is 22.4. The molecule has 136 valence electrons. The van der Waals surface area contributed by atoms with Crippen molar-refractivity contribution in [2.24, 2.45) is 16.8 Å². The van der Waals surface area contributed by atoms with Crippen LogP contribution in [0.4, 0.5) is 0 Å². The van der Waals surface area contributed by atoms with Crippen molar-refractivity contribution in [2.45, 2.75) is 34.1 Å². The average molecular weight is 440 g/mol. The van der Waals surface area contributed by atoms with Crippen molar-refractivity contribution in [1.82, 2.24) is 15.5 Å². The fourth-order valence-electron chi connectivity index (χ4n) is 2.42. The fourth-order valence-corrected chi connectivity index (χ4v) is 2.42. The highest BCUT2D eigenvalue weighted by Crippen LogP contribution is 2.16. The SMILES string of the molecule is CCNC(=NCCNC(=O)C(C)C)N1CCC(COCC)C1.I. The molecule has 0 saturated carbocycles. The smallest absolute Gasteiger partial charge is 0.222 e. The van der Waals surface area contributed by atoms with Crippen molar-refractivity contribution < 1.29 is 9.53 Å². The summed E-state index contributed by atoms with van der Waals surface area (Å²) >= 11 is 0. The maximum atomic E-state index is 11.5. The summed E-state index contributed by atoms with van der Waals surface area (Å²) in [5, 5.41) is 6.23. The monoisotopic (exact) mass is 440 g/mol. The van der Waals surface area contributed by atoms with Crippen LogP contribution in [0.25, 0.3) is 0 Å². The van der Waals surface area contributed by atoms with E-state index in [2.05, 4.69) is 27.4 Å². The number of likely N-dealkylation sites (tertiary alicyclic amines) is 1. The van der Waals surface area contributed by atoms with E-state index in [1.807, 2.05) is 20.8 Å². The van der Waals surface area contributed by atoms with Gasteiger partial charge in [0.25, 0.3) is 0 Å². The van der Waals surface area contributed by atoms with Crippen LogP contribution in [-0.2, 0) is 9.53 Å². The van der Waals surface area contributed by atoms with Crippen LogP contribution in [0.15, 0.2) is 4.99 Å². The van der Waals surface area contributed by atoms with Gasteiger partial charge >= 0.3 is 0 Å². The molecule has 0 aliphatic carbocycles. The molecule has 0 spiro atoms. The van der Waals surface area contributed by atoms with Gasteiger partial charge in [0.1, 0.15) is 0 Å². The Morgan fingerprint density at radius 2 is 2.09 bits per heavy atom. The Morgan fingerprint density at radius 3 is 2.70 bits per heavy atom. The molecule has 1 aliphatic rings. The normalized spacial score (nSPS) is 18.0. The largest absolute Gasteiger partial charge is 0.381 e. The Labute approximate surface area is 157 Å². The number of rotatable bonds is 8. The minimum atomic E-state index is 0. The topological polar surface area (TPSA) is 66.0 Å². The molecule has 0 aromatic heterocycles. The zero-order valence-corrected chi connectivity index (χ0v) is 17.3. The van der Waals surface area contributed by atoms with Crippen molar-refractivity contribution in [1.29, 1.82) is 0 Å². The number of nitrogens with zero attached hydrogens (tertiary/aromatic N) is 2. The molecule has 1 amide bonds. The maximum Gasteiger partial charge on any atom is 0.222 e. The number of guanidine groups is 1. The predicted octanol–water partition coefficient (Wildman–Crippen LogP) is 1.70. The van der Waals surface area contributed by atoms with Gasteiger partial charge in [0.05, 0.1) is 13.2 Å². The second kappa shape index (κ2) is 12.8. The zero-order chi connectivity index (χ0) is 16.4. The molecule has 1 unspecified atom stereocenters. The molecule has 1 heterocycles. The molecule has 1 fully saturated rings. The summed E-state index contributed by atoms with van der Waals surface area (Å²) in [5.41, 5.74) is 0. The Bertz CT molecular complexity index is 364. The molecule has 23 heavy (non-hydrogen) atoms. The summed E-state index contributed by atoms with van der Waals surface area (Å²) < 4.78 is 5.52. The molecule has 1 saturated heterocycles.